The van der Waals surface area contributed by atoms with Gasteiger partial charge in [0.15, 0.2) is 0 Å². The lowest BCUT2D eigenvalue weighted by molar-refractivity contribution is 0.262. The van der Waals surface area contributed by atoms with Crippen LogP contribution in [0.2, 0.25) is 0 Å². The van der Waals surface area contributed by atoms with Gasteiger partial charge in [0.1, 0.15) is 0 Å². The molecule has 3 aromatic rings. The highest BCUT2D eigenvalue weighted by atomic mass is 16.4. The fourth-order valence-electron chi connectivity index (χ4n) is 1.81. The Morgan fingerprint density at radius 1 is 1.29 bits per heavy atom. The van der Waals surface area contributed by atoms with E-state index < -0.39 is 0 Å². The van der Waals surface area contributed by atoms with Gasteiger partial charge in [0.25, 0.3) is 0 Å². The van der Waals surface area contributed by atoms with Crippen LogP contribution in [-0.2, 0) is 7.05 Å². The summed E-state index contributed by atoms with van der Waals surface area (Å²) in [5.41, 5.74) is 1.96. The summed E-state index contributed by atoms with van der Waals surface area (Å²) in [4.78, 5) is 11.9. The van der Waals surface area contributed by atoms with Crippen LogP contribution in [0.4, 0.5) is 16.2 Å². The molecule has 8 heteroatoms. The van der Waals surface area contributed by atoms with E-state index in [1.807, 2.05) is 6.07 Å². The largest absolute Gasteiger partial charge is 0.423 e. The predicted molar refractivity (Wildman–Crippen MR) is 75.6 cm³/mol. The van der Waals surface area contributed by atoms with Gasteiger partial charge in [0.2, 0.25) is 12.3 Å². The Kier molecular flexibility index (Phi) is 3.34. The molecule has 21 heavy (non-hydrogen) atoms. The summed E-state index contributed by atoms with van der Waals surface area (Å²) in [5.74, 6) is 0.395. The maximum atomic E-state index is 11.9. The molecule has 0 bridgehead atoms. The third-order valence-electron chi connectivity index (χ3n) is 2.69. The molecule has 106 valence electrons. The van der Waals surface area contributed by atoms with Crippen LogP contribution >= 0.6 is 0 Å². The number of amides is 2. The fourth-order valence-corrected chi connectivity index (χ4v) is 1.81. The molecular formula is C13H12N6O2. The number of nitrogens with zero attached hydrogens (tertiary/aromatic N) is 4. The van der Waals surface area contributed by atoms with Gasteiger partial charge in [-0.25, -0.2) is 4.79 Å². The second-order valence-electron chi connectivity index (χ2n) is 4.31. The van der Waals surface area contributed by atoms with Gasteiger partial charge in [0, 0.05) is 24.5 Å². The van der Waals surface area contributed by atoms with Crippen molar-refractivity contribution in [2.45, 2.75) is 0 Å². The SMILES string of the molecule is Cn1cc(NC(=O)Nc2cccc(-c3nnco3)c2)cn1. The first kappa shape index (κ1) is 12.9. The van der Waals surface area contributed by atoms with Crippen LogP contribution in [0.3, 0.4) is 0 Å². The predicted octanol–water partition coefficient (Wildman–Crippen LogP) is 2.11. The second-order valence-corrected chi connectivity index (χ2v) is 4.31. The first-order chi connectivity index (χ1) is 10.2. The zero-order valence-electron chi connectivity index (χ0n) is 11.1. The Morgan fingerprint density at radius 3 is 2.86 bits per heavy atom. The van der Waals surface area contributed by atoms with E-state index in [1.165, 1.54) is 6.39 Å². The van der Waals surface area contributed by atoms with Gasteiger partial charge in [-0.05, 0) is 18.2 Å². The monoisotopic (exact) mass is 284 g/mol. The number of aromatic nitrogens is 4. The Hall–Kier alpha value is -3.16. The van der Waals surface area contributed by atoms with Gasteiger partial charge in [-0.1, -0.05) is 6.07 Å². The number of urea groups is 1. The quantitative estimate of drug-likeness (QED) is 0.767. The third kappa shape index (κ3) is 3.06. The van der Waals surface area contributed by atoms with Gasteiger partial charge < -0.3 is 15.1 Å². The number of hydrogen-bond donors (Lipinski definition) is 2. The molecule has 0 saturated heterocycles. The Morgan fingerprint density at radius 2 is 2.14 bits per heavy atom. The summed E-state index contributed by atoms with van der Waals surface area (Å²) in [7, 11) is 1.77. The van der Waals surface area contributed by atoms with Crippen LogP contribution in [0.15, 0.2) is 47.5 Å². The molecule has 1 aromatic carbocycles. The molecule has 0 unspecified atom stereocenters. The van der Waals surface area contributed by atoms with Crippen molar-refractivity contribution >= 4 is 17.4 Å². The van der Waals surface area contributed by atoms with Crippen LogP contribution in [0.25, 0.3) is 11.5 Å². The smallest absolute Gasteiger partial charge is 0.323 e. The Balaban J connectivity index is 1.70. The lowest BCUT2D eigenvalue weighted by Gasteiger charge is -2.06. The first-order valence-corrected chi connectivity index (χ1v) is 6.14. The highest BCUT2D eigenvalue weighted by molar-refractivity contribution is 5.99. The summed E-state index contributed by atoms with van der Waals surface area (Å²) in [6.07, 6.45) is 4.52. The van der Waals surface area contributed by atoms with E-state index in [0.717, 1.165) is 5.56 Å². The number of carbonyl (C=O) groups is 1. The van der Waals surface area contributed by atoms with Crippen molar-refractivity contribution in [1.82, 2.24) is 20.0 Å². The fraction of sp³-hybridized carbons (Fsp3) is 0.0769. The summed E-state index contributed by atoms with van der Waals surface area (Å²) in [6.45, 7) is 0. The maximum Gasteiger partial charge on any atom is 0.323 e. The molecule has 0 aliphatic rings. The van der Waals surface area contributed by atoms with Crippen molar-refractivity contribution in [3.63, 3.8) is 0 Å². The number of benzene rings is 1. The van der Waals surface area contributed by atoms with Gasteiger partial charge >= 0.3 is 6.03 Å². The number of aryl methyl sites for hydroxylation is 1. The maximum absolute atomic E-state index is 11.9. The molecule has 2 amide bonds. The average Bonchev–Trinajstić information content (AvgIpc) is 3.11. The topological polar surface area (TPSA) is 97.9 Å². The molecule has 8 nitrogen and oxygen atoms in total. The van der Waals surface area contributed by atoms with Crippen molar-refractivity contribution in [2.24, 2.45) is 7.05 Å². The van der Waals surface area contributed by atoms with Crippen LogP contribution in [0, 0.1) is 0 Å². The van der Waals surface area contributed by atoms with E-state index in [4.69, 9.17) is 4.42 Å². The molecule has 2 aromatic heterocycles. The van der Waals surface area contributed by atoms with Gasteiger partial charge in [-0.3, -0.25) is 4.68 Å². The summed E-state index contributed by atoms with van der Waals surface area (Å²) < 4.78 is 6.72. The van der Waals surface area contributed by atoms with Crippen molar-refractivity contribution in [3.8, 4) is 11.5 Å². The van der Waals surface area contributed by atoms with Gasteiger partial charge in [-0.2, -0.15) is 5.10 Å². The highest BCUT2D eigenvalue weighted by Crippen LogP contribution is 2.20. The molecule has 0 aliphatic heterocycles. The molecular weight excluding hydrogens is 272 g/mol. The van der Waals surface area contributed by atoms with Crippen LogP contribution in [-0.4, -0.2) is 26.0 Å². The number of carbonyl (C=O) groups excluding carboxylic acids is 1. The highest BCUT2D eigenvalue weighted by Gasteiger charge is 2.07. The van der Waals surface area contributed by atoms with Crippen LogP contribution in [0.1, 0.15) is 0 Å². The second kappa shape index (κ2) is 5.45. The molecule has 0 fully saturated rings. The first-order valence-electron chi connectivity index (χ1n) is 6.14. The minimum atomic E-state index is -0.356. The average molecular weight is 284 g/mol. The molecule has 0 radical (unpaired) electrons. The summed E-state index contributed by atoms with van der Waals surface area (Å²) in [5, 5.41) is 16.8. The zero-order chi connectivity index (χ0) is 14.7. The molecule has 3 rings (SSSR count). The van der Waals surface area contributed by atoms with E-state index in [0.29, 0.717) is 17.3 Å². The van der Waals surface area contributed by atoms with Crippen LogP contribution in [0.5, 0.6) is 0 Å². The van der Waals surface area contributed by atoms with E-state index in [9.17, 15) is 4.79 Å². The van der Waals surface area contributed by atoms with E-state index >= 15 is 0 Å². The lowest BCUT2D eigenvalue weighted by Crippen LogP contribution is -2.19. The number of nitrogens with one attached hydrogen (secondary N) is 2. The summed E-state index contributed by atoms with van der Waals surface area (Å²) in [6, 6.07) is 6.77. The molecule has 0 spiro atoms. The van der Waals surface area contributed by atoms with E-state index in [1.54, 1.807) is 42.3 Å². The van der Waals surface area contributed by atoms with E-state index in [2.05, 4.69) is 25.9 Å². The molecule has 0 aliphatic carbocycles. The van der Waals surface area contributed by atoms with Crippen LogP contribution < -0.4 is 10.6 Å². The lowest BCUT2D eigenvalue weighted by atomic mass is 10.2. The van der Waals surface area contributed by atoms with Gasteiger partial charge in [0.05, 0.1) is 11.9 Å². The van der Waals surface area contributed by atoms with Crippen molar-refractivity contribution in [3.05, 3.63) is 43.1 Å². The molecule has 0 atom stereocenters. The standard InChI is InChI=1S/C13H12N6O2/c1-19-7-11(6-15-19)17-13(20)16-10-4-2-3-9(5-10)12-18-14-8-21-12/h2-8H,1H3,(H2,16,17,20). The van der Waals surface area contributed by atoms with Gasteiger partial charge in [-0.15, -0.1) is 10.2 Å². The van der Waals surface area contributed by atoms with Crippen molar-refractivity contribution < 1.29 is 9.21 Å². The minimum absolute atomic E-state index is 0.356. The number of rotatable bonds is 3. The third-order valence-corrected chi connectivity index (χ3v) is 2.69. The minimum Gasteiger partial charge on any atom is -0.423 e. The number of hydrogen-bond acceptors (Lipinski definition) is 5. The van der Waals surface area contributed by atoms with Crippen molar-refractivity contribution in [1.29, 1.82) is 0 Å². The zero-order valence-corrected chi connectivity index (χ0v) is 11.1. The number of anilines is 2. The molecule has 2 N–H and O–H groups in total. The molecule has 2 heterocycles. The Bertz CT molecular complexity index is 750. The Labute approximate surface area is 119 Å². The summed E-state index contributed by atoms with van der Waals surface area (Å²) >= 11 is 0. The normalized spacial score (nSPS) is 10.3. The van der Waals surface area contributed by atoms with E-state index in [-0.39, 0.29) is 6.03 Å². The van der Waals surface area contributed by atoms with Crippen molar-refractivity contribution in [2.75, 3.05) is 10.6 Å². The molecule has 0 saturated carbocycles.